The second-order valence-corrected chi connectivity index (χ2v) is 4.22. The van der Waals surface area contributed by atoms with Crippen LogP contribution in [0.25, 0.3) is 0 Å². The maximum atomic E-state index is 12.2. The summed E-state index contributed by atoms with van der Waals surface area (Å²) in [6.07, 6.45) is -3.06. The Balaban J connectivity index is 2.32. The highest BCUT2D eigenvalue weighted by molar-refractivity contribution is 5.34. The molecule has 1 aromatic carbocycles. The molecule has 2 rings (SSSR count). The van der Waals surface area contributed by atoms with Gasteiger partial charge in [-0.3, -0.25) is 4.68 Å². The quantitative estimate of drug-likeness (QED) is 0.938. The van der Waals surface area contributed by atoms with E-state index >= 15 is 0 Å². The molecule has 0 radical (unpaired) electrons. The van der Waals surface area contributed by atoms with Crippen LogP contribution in [-0.2, 0) is 7.05 Å². The molecule has 0 aliphatic rings. The van der Waals surface area contributed by atoms with E-state index in [-0.39, 0.29) is 11.8 Å². The third-order valence-corrected chi connectivity index (χ3v) is 2.87. The maximum Gasteiger partial charge on any atom is 0.573 e. The van der Waals surface area contributed by atoms with E-state index in [1.54, 1.807) is 37.1 Å². The van der Waals surface area contributed by atoms with E-state index in [0.29, 0.717) is 5.56 Å². The summed E-state index contributed by atoms with van der Waals surface area (Å²) in [6, 6.07) is 7.43. The van der Waals surface area contributed by atoms with E-state index in [2.05, 4.69) is 15.2 Å². The first-order valence-electron chi connectivity index (χ1n) is 5.91. The summed E-state index contributed by atoms with van der Waals surface area (Å²) < 4.78 is 42.3. The number of hydrogen-bond donors (Lipinski definition) is 1. The molecule has 0 aliphatic heterocycles. The Morgan fingerprint density at radius 2 is 2.05 bits per heavy atom. The van der Waals surface area contributed by atoms with Crippen molar-refractivity contribution < 1.29 is 17.9 Å². The highest BCUT2D eigenvalue weighted by atomic mass is 19.4. The molecule has 1 N–H and O–H groups in total. The molecule has 1 atom stereocenters. The van der Waals surface area contributed by atoms with Crippen LogP contribution in [0.4, 0.5) is 13.2 Å². The molecule has 0 saturated heterocycles. The fourth-order valence-corrected chi connectivity index (χ4v) is 2.04. The van der Waals surface area contributed by atoms with Gasteiger partial charge in [-0.1, -0.05) is 12.1 Å². The van der Waals surface area contributed by atoms with Crippen LogP contribution in [0.3, 0.4) is 0 Å². The smallest absolute Gasteiger partial charge is 0.406 e. The zero-order chi connectivity index (χ0) is 14.8. The second kappa shape index (κ2) is 5.54. The minimum absolute atomic E-state index is 0.239. The van der Waals surface area contributed by atoms with E-state index in [0.717, 1.165) is 5.69 Å². The molecule has 0 saturated carbocycles. The number of rotatable bonds is 4. The summed E-state index contributed by atoms with van der Waals surface area (Å²) in [7, 11) is 3.50. The van der Waals surface area contributed by atoms with Crippen LogP contribution < -0.4 is 10.1 Å². The Kier molecular flexibility index (Phi) is 3.99. The molecule has 0 fully saturated rings. The van der Waals surface area contributed by atoms with E-state index < -0.39 is 6.36 Å². The standard InChI is InChI=1S/C13H14F3N3O/c1-17-12(11-6-7-18-19(11)2)9-4-3-5-10(8-9)20-13(14,15)16/h3-8,12,17H,1-2H3. The molecule has 7 heteroatoms. The third kappa shape index (κ3) is 3.30. The highest BCUT2D eigenvalue weighted by Gasteiger charge is 2.31. The van der Waals surface area contributed by atoms with Crippen molar-refractivity contribution in [1.82, 2.24) is 15.1 Å². The predicted octanol–water partition coefficient (Wildman–Crippen LogP) is 2.63. The Morgan fingerprint density at radius 3 is 2.60 bits per heavy atom. The first-order valence-corrected chi connectivity index (χ1v) is 5.91. The number of ether oxygens (including phenoxy) is 1. The summed E-state index contributed by atoms with van der Waals surface area (Å²) in [5.74, 6) is -0.239. The molecular formula is C13H14F3N3O. The van der Waals surface area contributed by atoms with Crippen molar-refractivity contribution in [3.8, 4) is 5.75 Å². The highest BCUT2D eigenvalue weighted by Crippen LogP contribution is 2.27. The fourth-order valence-electron chi connectivity index (χ4n) is 2.04. The van der Waals surface area contributed by atoms with Gasteiger partial charge in [-0.15, -0.1) is 13.2 Å². The Morgan fingerprint density at radius 1 is 1.30 bits per heavy atom. The number of alkyl halides is 3. The van der Waals surface area contributed by atoms with Crippen LogP contribution in [-0.4, -0.2) is 23.2 Å². The maximum absolute atomic E-state index is 12.2. The number of nitrogens with one attached hydrogen (secondary N) is 1. The molecule has 4 nitrogen and oxygen atoms in total. The van der Waals surface area contributed by atoms with Crippen molar-refractivity contribution in [2.24, 2.45) is 7.05 Å². The topological polar surface area (TPSA) is 39.1 Å². The van der Waals surface area contributed by atoms with E-state index in [9.17, 15) is 13.2 Å². The lowest BCUT2D eigenvalue weighted by Gasteiger charge is -2.18. The molecule has 1 heterocycles. The van der Waals surface area contributed by atoms with Gasteiger partial charge in [0.2, 0.25) is 0 Å². The molecule has 20 heavy (non-hydrogen) atoms. The first-order chi connectivity index (χ1) is 9.40. The van der Waals surface area contributed by atoms with Gasteiger partial charge >= 0.3 is 6.36 Å². The van der Waals surface area contributed by atoms with Crippen molar-refractivity contribution in [3.05, 3.63) is 47.8 Å². The molecule has 0 aliphatic carbocycles. The van der Waals surface area contributed by atoms with Gasteiger partial charge in [0.05, 0.1) is 11.7 Å². The van der Waals surface area contributed by atoms with Crippen LogP contribution in [0.1, 0.15) is 17.3 Å². The molecule has 108 valence electrons. The zero-order valence-corrected chi connectivity index (χ0v) is 11.0. The SMILES string of the molecule is CNC(c1cccc(OC(F)(F)F)c1)c1ccnn1C. The Hall–Kier alpha value is -2.02. The van der Waals surface area contributed by atoms with Gasteiger partial charge in [0.1, 0.15) is 5.75 Å². The van der Waals surface area contributed by atoms with Crippen LogP contribution in [0.15, 0.2) is 36.5 Å². The second-order valence-electron chi connectivity index (χ2n) is 4.22. The van der Waals surface area contributed by atoms with E-state index in [1.807, 2.05) is 0 Å². The Labute approximate surface area is 114 Å². The normalized spacial score (nSPS) is 13.2. The summed E-state index contributed by atoms with van der Waals surface area (Å²) in [5.41, 5.74) is 1.51. The van der Waals surface area contributed by atoms with Crippen LogP contribution in [0.2, 0.25) is 0 Å². The molecule has 1 aromatic heterocycles. The monoisotopic (exact) mass is 285 g/mol. The first kappa shape index (κ1) is 14.4. The predicted molar refractivity (Wildman–Crippen MR) is 67.2 cm³/mol. The van der Waals surface area contributed by atoms with E-state index in [4.69, 9.17) is 0 Å². The molecule has 1 unspecified atom stereocenters. The summed E-state index contributed by atoms with van der Waals surface area (Å²) in [5, 5.41) is 7.11. The van der Waals surface area contributed by atoms with Crippen molar-refractivity contribution in [3.63, 3.8) is 0 Å². The lowest BCUT2D eigenvalue weighted by Crippen LogP contribution is -2.21. The summed E-state index contributed by atoms with van der Waals surface area (Å²) in [6.45, 7) is 0. The van der Waals surface area contributed by atoms with Crippen molar-refractivity contribution in [2.45, 2.75) is 12.4 Å². The average Bonchev–Trinajstić information content (AvgIpc) is 2.75. The van der Waals surface area contributed by atoms with E-state index in [1.165, 1.54) is 18.2 Å². The van der Waals surface area contributed by atoms with Crippen molar-refractivity contribution in [1.29, 1.82) is 0 Å². The van der Waals surface area contributed by atoms with Gasteiger partial charge in [0, 0.05) is 13.2 Å². The third-order valence-electron chi connectivity index (χ3n) is 2.87. The van der Waals surface area contributed by atoms with Crippen molar-refractivity contribution >= 4 is 0 Å². The fraction of sp³-hybridized carbons (Fsp3) is 0.308. The number of hydrogen-bond acceptors (Lipinski definition) is 3. The summed E-state index contributed by atoms with van der Waals surface area (Å²) >= 11 is 0. The number of benzene rings is 1. The number of nitrogens with zero attached hydrogens (tertiary/aromatic N) is 2. The number of halogens is 3. The van der Waals surface area contributed by atoms with Gasteiger partial charge in [-0.25, -0.2) is 0 Å². The minimum atomic E-state index is -4.69. The van der Waals surface area contributed by atoms with Crippen LogP contribution >= 0.6 is 0 Å². The van der Waals surface area contributed by atoms with Crippen molar-refractivity contribution in [2.75, 3.05) is 7.05 Å². The number of aromatic nitrogens is 2. The molecule has 0 spiro atoms. The molecular weight excluding hydrogens is 271 g/mol. The minimum Gasteiger partial charge on any atom is -0.406 e. The van der Waals surface area contributed by atoms with Crippen LogP contribution in [0.5, 0.6) is 5.75 Å². The molecule has 0 bridgehead atoms. The average molecular weight is 285 g/mol. The van der Waals surface area contributed by atoms with Gasteiger partial charge in [0.15, 0.2) is 0 Å². The summed E-state index contributed by atoms with van der Waals surface area (Å²) in [4.78, 5) is 0. The lowest BCUT2D eigenvalue weighted by atomic mass is 10.0. The largest absolute Gasteiger partial charge is 0.573 e. The van der Waals surface area contributed by atoms with Crippen LogP contribution in [0, 0.1) is 0 Å². The van der Waals surface area contributed by atoms with Gasteiger partial charge in [-0.2, -0.15) is 5.10 Å². The molecule has 0 amide bonds. The Bertz CT molecular complexity index is 580. The van der Waals surface area contributed by atoms with Gasteiger partial charge < -0.3 is 10.1 Å². The lowest BCUT2D eigenvalue weighted by molar-refractivity contribution is -0.274. The number of aryl methyl sites for hydroxylation is 1. The molecule has 2 aromatic rings. The van der Waals surface area contributed by atoms with Gasteiger partial charge in [-0.05, 0) is 30.8 Å². The van der Waals surface area contributed by atoms with Gasteiger partial charge in [0.25, 0.3) is 0 Å². The zero-order valence-electron chi connectivity index (χ0n) is 11.0.